The third-order valence-corrected chi connectivity index (χ3v) is 4.64. The summed E-state index contributed by atoms with van der Waals surface area (Å²) in [6.07, 6.45) is 2.98. The molecule has 122 valence electrons. The molecule has 21 heavy (non-hydrogen) atoms. The number of aliphatic hydroxyl groups is 1. The molecule has 0 aromatic rings. The number of ether oxygens (including phenoxy) is 1. The van der Waals surface area contributed by atoms with Gasteiger partial charge in [0.05, 0.1) is 0 Å². The monoisotopic (exact) mass is 298 g/mol. The molecule has 2 fully saturated rings. The van der Waals surface area contributed by atoms with E-state index in [2.05, 4.69) is 12.2 Å². The standard InChI is InChI=1S/C16H30N2O3/c1-12-5-8-18(14(20)21-15(2,3)4)9-13(12)17-10-16(11-19)6-7-16/h12-13,17,19H,5-11H2,1-4H3. The summed E-state index contributed by atoms with van der Waals surface area (Å²) in [4.78, 5) is 14.0. The Hall–Kier alpha value is -0.810. The number of amides is 1. The predicted octanol–water partition coefficient (Wildman–Crippen LogP) is 1.99. The molecule has 0 aromatic carbocycles. The van der Waals surface area contributed by atoms with E-state index in [-0.39, 0.29) is 24.2 Å². The molecule has 0 radical (unpaired) electrons. The molecule has 2 atom stereocenters. The van der Waals surface area contributed by atoms with Crippen molar-refractivity contribution in [3.63, 3.8) is 0 Å². The topological polar surface area (TPSA) is 61.8 Å². The lowest BCUT2D eigenvalue weighted by molar-refractivity contribution is 0.0143. The lowest BCUT2D eigenvalue weighted by Crippen LogP contribution is -2.53. The van der Waals surface area contributed by atoms with Crippen LogP contribution in [-0.2, 0) is 4.74 Å². The summed E-state index contributed by atoms with van der Waals surface area (Å²) in [6, 6.07) is 0.287. The SMILES string of the molecule is CC1CCN(C(=O)OC(C)(C)C)CC1NCC1(CO)CC1. The maximum Gasteiger partial charge on any atom is 0.410 e. The fraction of sp³-hybridized carbons (Fsp3) is 0.938. The quantitative estimate of drug-likeness (QED) is 0.833. The first-order valence-electron chi connectivity index (χ1n) is 8.07. The number of carbonyl (C=O) groups is 1. The largest absolute Gasteiger partial charge is 0.444 e. The molecular formula is C16H30N2O3. The summed E-state index contributed by atoms with van der Waals surface area (Å²) in [7, 11) is 0. The summed E-state index contributed by atoms with van der Waals surface area (Å²) in [6.45, 7) is 10.5. The highest BCUT2D eigenvalue weighted by atomic mass is 16.6. The zero-order chi connectivity index (χ0) is 15.7. The Bertz CT molecular complexity index is 374. The first-order chi connectivity index (χ1) is 9.75. The van der Waals surface area contributed by atoms with Crippen LogP contribution in [0.3, 0.4) is 0 Å². The molecule has 2 rings (SSSR count). The maximum absolute atomic E-state index is 12.2. The predicted molar refractivity (Wildman–Crippen MR) is 82.1 cm³/mol. The number of nitrogens with one attached hydrogen (secondary N) is 1. The molecule has 1 saturated carbocycles. The summed E-state index contributed by atoms with van der Waals surface area (Å²) >= 11 is 0. The Balaban J connectivity index is 1.85. The van der Waals surface area contributed by atoms with Crippen LogP contribution in [0.25, 0.3) is 0 Å². The Labute approximate surface area is 128 Å². The third kappa shape index (κ3) is 4.58. The van der Waals surface area contributed by atoms with E-state index < -0.39 is 5.60 Å². The molecule has 1 amide bonds. The zero-order valence-corrected chi connectivity index (χ0v) is 13.8. The van der Waals surface area contributed by atoms with E-state index in [1.54, 1.807) is 4.90 Å². The van der Waals surface area contributed by atoms with Crippen LogP contribution in [0.4, 0.5) is 4.79 Å². The van der Waals surface area contributed by atoms with Crippen LogP contribution in [-0.4, -0.2) is 54.0 Å². The molecule has 1 heterocycles. The molecule has 1 aliphatic heterocycles. The van der Waals surface area contributed by atoms with E-state index in [1.807, 2.05) is 20.8 Å². The third-order valence-electron chi connectivity index (χ3n) is 4.64. The number of piperidine rings is 1. The number of hydrogen-bond acceptors (Lipinski definition) is 4. The fourth-order valence-corrected chi connectivity index (χ4v) is 2.74. The van der Waals surface area contributed by atoms with Gasteiger partial charge in [-0.15, -0.1) is 0 Å². The number of hydrogen-bond donors (Lipinski definition) is 2. The average Bonchev–Trinajstić information content (AvgIpc) is 3.16. The van der Waals surface area contributed by atoms with E-state index in [0.717, 1.165) is 32.4 Å². The number of nitrogens with zero attached hydrogens (tertiary/aromatic N) is 1. The van der Waals surface area contributed by atoms with Crippen molar-refractivity contribution in [1.29, 1.82) is 0 Å². The van der Waals surface area contributed by atoms with Gasteiger partial charge in [0.25, 0.3) is 0 Å². The highest BCUT2D eigenvalue weighted by Gasteiger charge is 2.42. The van der Waals surface area contributed by atoms with Crippen molar-refractivity contribution >= 4 is 6.09 Å². The van der Waals surface area contributed by atoms with E-state index in [0.29, 0.717) is 12.5 Å². The van der Waals surface area contributed by atoms with Crippen molar-refractivity contribution in [2.45, 2.75) is 58.6 Å². The zero-order valence-electron chi connectivity index (χ0n) is 13.8. The van der Waals surface area contributed by atoms with Crippen molar-refractivity contribution in [2.24, 2.45) is 11.3 Å². The Morgan fingerprint density at radius 3 is 2.62 bits per heavy atom. The summed E-state index contributed by atoms with van der Waals surface area (Å²) < 4.78 is 5.46. The van der Waals surface area contributed by atoms with Gasteiger partial charge in [0.1, 0.15) is 5.60 Å². The van der Waals surface area contributed by atoms with E-state index >= 15 is 0 Å². The van der Waals surface area contributed by atoms with Crippen molar-refractivity contribution < 1.29 is 14.6 Å². The van der Waals surface area contributed by atoms with Crippen molar-refractivity contribution in [3.8, 4) is 0 Å². The number of carbonyl (C=O) groups excluding carboxylic acids is 1. The highest BCUT2D eigenvalue weighted by Crippen LogP contribution is 2.44. The van der Waals surface area contributed by atoms with Crippen molar-refractivity contribution in [1.82, 2.24) is 10.2 Å². The Morgan fingerprint density at radius 2 is 2.10 bits per heavy atom. The fourth-order valence-electron chi connectivity index (χ4n) is 2.74. The minimum absolute atomic E-state index is 0.105. The second-order valence-corrected chi connectivity index (χ2v) is 7.84. The van der Waals surface area contributed by atoms with Gasteiger partial charge in [0.2, 0.25) is 0 Å². The van der Waals surface area contributed by atoms with Crippen LogP contribution in [0.5, 0.6) is 0 Å². The first-order valence-corrected chi connectivity index (χ1v) is 8.07. The molecule has 1 saturated heterocycles. The van der Waals surface area contributed by atoms with Crippen LogP contribution in [0.1, 0.15) is 47.0 Å². The molecule has 5 nitrogen and oxygen atoms in total. The number of rotatable bonds is 4. The van der Waals surface area contributed by atoms with Crippen LogP contribution in [0, 0.1) is 11.3 Å². The number of aliphatic hydroxyl groups excluding tert-OH is 1. The highest BCUT2D eigenvalue weighted by molar-refractivity contribution is 5.68. The normalized spacial score (nSPS) is 28.3. The van der Waals surface area contributed by atoms with Crippen LogP contribution < -0.4 is 5.32 Å². The molecule has 0 bridgehead atoms. The molecule has 0 spiro atoms. The molecule has 0 aromatic heterocycles. The van der Waals surface area contributed by atoms with Crippen LogP contribution in [0.15, 0.2) is 0 Å². The van der Waals surface area contributed by atoms with Gasteiger partial charge in [-0.25, -0.2) is 4.79 Å². The molecule has 2 unspecified atom stereocenters. The van der Waals surface area contributed by atoms with Gasteiger partial charge >= 0.3 is 6.09 Å². The molecule has 1 aliphatic carbocycles. The van der Waals surface area contributed by atoms with Gasteiger partial charge in [-0.2, -0.15) is 0 Å². The number of likely N-dealkylation sites (tertiary alicyclic amines) is 1. The van der Waals surface area contributed by atoms with E-state index in [1.165, 1.54) is 0 Å². The lowest BCUT2D eigenvalue weighted by Gasteiger charge is -2.38. The second kappa shape index (κ2) is 6.13. The van der Waals surface area contributed by atoms with Crippen LogP contribution >= 0.6 is 0 Å². The van der Waals surface area contributed by atoms with Gasteiger partial charge in [-0.05, 0) is 46.0 Å². The average molecular weight is 298 g/mol. The second-order valence-electron chi connectivity index (χ2n) is 7.84. The maximum atomic E-state index is 12.2. The van der Waals surface area contributed by atoms with Crippen LogP contribution in [0.2, 0.25) is 0 Å². The molecule has 5 heteroatoms. The molecule has 2 N–H and O–H groups in total. The minimum atomic E-state index is -0.446. The summed E-state index contributed by atoms with van der Waals surface area (Å²) in [5.41, 5.74) is -0.341. The van der Waals surface area contributed by atoms with Gasteiger partial charge in [-0.3, -0.25) is 0 Å². The van der Waals surface area contributed by atoms with Crippen molar-refractivity contribution in [2.75, 3.05) is 26.2 Å². The van der Waals surface area contributed by atoms with Gasteiger partial charge < -0.3 is 20.1 Å². The first kappa shape index (κ1) is 16.6. The lowest BCUT2D eigenvalue weighted by atomic mass is 9.93. The minimum Gasteiger partial charge on any atom is -0.444 e. The van der Waals surface area contributed by atoms with Gasteiger partial charge in [0, 0.05) is 37.7 Å². The van der Waals surface area contributed by atoms with E-state index in [9.17, 15) is 9.90 Å². The smallest absolute Gasteiger partial charge is 0.410 e. The summed E-state index contributed by atoms with van der Waals surface area (Å²) in [5, 5.41) is 13.0. The van der Waals surface area contributed by atoms with Crippen molar-refractivity contribution in [3.05, 3.63) is 0 Å². The Kier molecular flexibility index (Phi) is 4.83. The molecular weight excluding hydrogens is 268 g/mol. The van der Waals surface area contributed by atoms with Gasteiger partial charge in [0.15, 0.2) is 0 Å². The molecule has 2 aliphatic rings. The van der Waals surface area contributed by atoms with E-state index in [4.69, 9.17) is 4.74 Å². The Morgan fingerprint density at radius 1 is 1.43 bits per heavy atom. The summed E-state index contributed by atoms with van der Waals surface area (Å²) in [5.74, 6) is 0.540. The van der Waals surface area contributed by atoms with Gasteiger partial charge in [-0.1, -0.05) is 6.92 Å².